The highest BCUT2D eigenvalue weighted by molar-refractivity contribution is 5.78. The number of carbonyl (C=O) groups excluding carboxylic acids is 1. The highest BCUT2D eigenvalue weighted by Gasteiger charge is 2.50. The Bertz CT molecular complexity index is 686. The van der Waals surface area contributed by atoms with E-state index in [1.807, 2.05) is 60.7 Å². The molecule has 0 spiro atoms. The van der Waals surface area contributed by atoms with Crippen molar-refractivity contribution in [3.8, 4) is 0 Å². The maximum Gasteiger partial charge on any atom is 0.321 e. The van der Waals surface area contributed by atoms with Crippen molar-refractivity contribution in [3.05, 3.63) is 83.7 Å². The maximum atomic E-state index is 15.1. The van der Waals surface area contributed by atoms with Crippen LogP contribution in [0.25, 0.3) is 0 Å². The zero-order valence-electron chi connectivity index (χ0n) is 13.2. The quantitative estimate of drug-likeness (QED) is 0.828. The van der Waals surface area contributed by atoms with Crippen molar-refractivity contribution in [2.45, 2.75) is 5.54 Å². The van der Waals surface area contributed by atoms with Crippen LogP contribution in [0.3, 0.4) is 0 Å². The molecule has 0 bridgehead atoms. The smallest absolute Gasteiger partial charge is 0.321 e. The minimum absolute atomic E-state index is 0.221. The lowest BCUT2D eigenvalue weighted by Gasteiger charge is -2.40. The summed E-state index contributed by atoms with van der Waals surface area (Å²) in [5.41, 5.74) is 0.282. The molecule has 0 unspecified atom stereocenters. The van der Waals surface area contributed by atoms with Crippen LogP contribution in [-0.4, -0.2) is 36.5 Å². The molecule has 0 aromatic heterocycles. The van der Waals surface area contributed by atoms with Crippen molar-refractivity contribution in [2.75, 3.05) is 20.6 Å². The van der Waals surface area contributed by atoms with Crippen LogP contribution in [-0.2, 0) is 5.54 Å². The number of benzene rings is 2. The number of rotatable bonds is 2. The Hall–Kier alpha value is -2.62. The van der Waals surface area contributed by atoms with Crippen LogP contribution in [0.4, 0.5) is 9.18 Å². The van der Waals surface area contributed by atoms with Gasteiger partial charge in [0.1, 0.15) is 11.4 Å². The van der Waals surface area contributed by atoms with E-state index < -0.39 is 5.54 Å². The topological polar surface area (TPSA) is 23.6 Å². The SMILES string of the molecule is CN(C)C(=O)N1CC=C(F)C1(c1ccccc1)c1ccccc1. The molecule has 3 rings (SSSR count). The first-order valence-electron chi connectivity index (χ1n) is 7.54. The first kappa shape index (κ1) is 15.3. The fraction of sp³-hybridized carbons (Fsp3) is 0.211. The highest BCUT2D eigenvalue weighted by Crippen LogP contribution is 2.46. The molecule has 0 N–H and O–H groups in total. The molecule has 0 radical (unpaired) electrons. The Labute approximate surface area is 135 Å². The van der Waals surface area contributed by atoms with E-state index in [-0.39, 0.29) is 18.4 Å². The van der Waals surface area contributed by atoms with Crippen LogP contribution in [0.1, 0.15) is 11.1 Å². The van der Waals surface area contributed by atoms with Gasteiger partial charge in [-0.25, -0.2) is 9.18 Å². The average molecular weight is 310 g/mol. The Balaban J connectivity index is 2.26. The normalized spacial score (nSPS) is 16.1. The van der Waals surface area contributed by atoms with E-state index in [1.165, 1.54) is 11.0 Å². The van der Waals surface area contributed by atoms with Gasteiger partial charge in [-0.05, 0) is 17.2 Å². The van der Waals surface area contributed by atoms with Crippen molar-refractivity contribution in [1.82, 2.24) is 9.80 Å². The van der Waals surface area contributed by atoms with Gasteiger partial charge in [-0.2, -0.15) is 0 Å². The summed E-state index contributed by atoms with van der Waals surface area (Å²) in [6.45, 7) is 0.243. The van der Waals surface area contributed by atoms with Crippen LogP contribution >= 0.6 is 0 Å². The summed E-state index contributed by atoms with van der Waals surface area (Å²) in [6.07, 6.45) is 1.49. The molecular weight excluding hydrogens is 291 g/mol. The first-order chi connectivity index (χ1) is 11.1. The van der Waals surface area contributed by atoms with Gasteiger partial charge >= 0.3 is 6.03 Å². The fourth-order valence-corrected chi connectivity index (χ4v) is 3.16. The van der Waals surface area contributed by atoms with Crippen LogP contribution in [0.2, 0.25) is 0 Å². The largest absolute Gasteiger partial charge is 0.331 e. The number of urea groups is 1. The molecule has 3 nitrogen and oxygen atoms in total. The lowest BCUT2D eigenvalue weighted by Crippen LogP contribution is -2.51. The summed E-state index contributed by atoms with van der Waals surface area (Å²) in [5.74, 6) is -0.315. The predicted molar refractivity (Wildman–Crippen MR) is 88.6 cm³/mol. The summed E-state index contributed by atoms with van der Waals surface area (Å²) in [5, 5.41) is 0. The Morgan fingerprint density at radius 3 is 1.91 bits per heavy atom. The third-order valence-corrected chi connectivity index (χ3v) is 4.20. The summed E-state index contributed by atoms with van der Waals surface area (Å²) in [6, 6.07) is 18.5. The van der Waals surface area contributed by atoms with Gasteiger partial charge in [0.15, 0.2) is 0 Å². The van der Waals surface area contributed by atoms with Gasteiger partial charge in [0.25, 0.3) is 0 Å². The first-order valence-corrected chi connectivity index (χ1v) is 7.54. The standard InChI is InChI=1S/C19H19FN2O/c1-21(2)18(23)22-14-13-17(20)19(22,15-9-5-3-6-10-15)16-11-7-4-8-12-16/h3-13H,14H2,1-2H3. The Morgan fingerprint density at radius 2 is 1.48 bits per heavy atom. The van der Waals surface area contributed by atoms with Crippen LogP contribution in [0.5, 0.6) is 0 Å². The van der Waals surface area contributed by atoms with Gasteiger partial charge in [-0.1, -0.05) is 60.7 Å². The monoisotopic (exact) mass is 310 g/mol. The number of hydrogen-bond acceptors (Lipinski definition) is 1. The lowest BCUT2D eigenvalue weighted by molar-refractivity contribution is 0.139. The number of nitrogens with zero attached hydrogens (tertiary/aromatic N) is 2. The van der Waals surface area contributed by atoms with E-state index in [0.717, 1.165) is 11.1 Å². The molecule has 23 heavy (non-hydrogen) atoms. The van der Waals surface area contributed by atoms with Gasteiger partial charge in [-0.3, -0.25) is 0 Å². The molecule has 0 saturated heterocycles. The fourth-order valence-electron chi connectivity index (χ4n) is 3.16. The second-order valence-corrected chi connectivity index (χ2v) is 5.78. The van der Waals surface area contributed by atoms with Crippen molar-refractivity contribution < 1.29 is 9.18 Å². The molecule has 1 aliphatic rings. The van der Waals surface area contributed by atoms with Crippen LogP contribution in [0, 0.1) is 0 Å². The minimum atomic E-state index is -1.20. The van der Waals surface area contributed by atoms with E-state index in [0.29, 0.717) is 0 Å². The number of hydrogen-bond donors (Lipinski definition) is 0. The van der Waals surface area contributed by atoms with Gasteiger partial charge in [0.2, 0.25) is 0 Å². The van der Waals surface area contributed by atoms with Crippen LogP contribution in [0.15, 0.2) is 72.6 Å². The molecule has 2 amide bonds. The van der Waals surface area contributed by atoms with E-state index >= 15 is 4.39 Å². The highest BCUT2D eigenvalue weighted by atomic mass is 19.1. The van der Waals surface area contributed by atoms with Crippen molar-refractivity contribution in [1.29, 1.82) is 0 Å². The van der Waals surface area contributed by atoms with Crippen molar-refractivity contribution >= 4 is 6.03 Å². The van der Waals surface area contributed by atoms with Gasteiger partial charge < -0.3 is 9.80 Å². The van der Waals surface area contributed by atoms with E-state index in [1.54, 1.807) is 19.0 Å². The molecule has 0 atom stereocenters. The number of amides is 2. The van der Waals surface area contributed by atoms with Gasteiger partial charge in [0.05, 0.1) is 0 Å². The molecule has 2 aromatic rings. The minimum Gasteiger partial charge on any atom is -0.331 e. The third-order valence-electron chi connectivity index (χ3n) is 4.20. The molecule has 0 aliphatic carbocycles. The summed E-state index contributed by atoms with van der Waals surface area (Å²) in [4.78, 5) is 15.8. The molecule has 2 aromatic carbocycles. The molecule has 1 aliphatic heterocycles. The zero-order valence-corrected chi connectivity index (χ0v) is 13.2. The van der Waals surface area contributed by atoms with Crippen molar-refractivity contribution in [2.24, 2.45) is 0 Å². The molecule has 0 saturated carbocycles. The number of halogens is 1. The average Bonchev–Trinajstić information content (AvgIpc) is 2.93. The van der Waals surface area contributed by atoms with E-state index in [2.05, 4.69) is 0 Å². The predicted octanol–water partition coefficient (Wildman–Crippen LogP) is 3.78. The summed E-state index contributed by atoms with van der Waals surface area (Å²) >= 11 is 0. The molecule has 0 fully saturated rings. The van der Waals surface area contributed by atoms with Gasteiger partial charge in [0, 0.05) is 20.6 Å². The molecular formula is C19H19FN2O. The molecule has 4 heteroatoms. The Morgan fingerprint density at radius 1 is 1.00 bits per heavy atom. The molecule has 1 heterocycles. The summed E-state index contributed by atoms with van der Waals surface area (Å²) in [7, 11) is 3.36. The van der Waals surface area contributed by atoms with E-state index in [9.17, 15) is 4.79 Å². The van der Waals surface area contributed by atoms with E-state index in [4.69, 9.17) is 0 Å². The third kappa shape index (κ3) is 2.31. The molecule has 118 valence electrons. The van der Waals surface area contributed by atoms with Gasteiger partial charge in [-0.15, -0.1) is 0 Å². The lowest BCUT2D eigenvalue weighted by atomic mass is 9.81. The zero-order chi connectivity index (χ0) is 16.4. The summed E-state index contributed by atoms with van der Waals surface area (Å²) < 4.78 is 15.1. The maximum absolute atomic E-state index is 15.1. The number of carbonyl (C=O) groups is 1. The van der Waals surface area contributed by atoms with Crippen LogP contribution < -0.4 is 0 Å². The second kappa shape index (κ2) is 5.88. The Kier molecular flexibility index (Phi) is 3.90. The van der Waals surface area contributed by atoms with Crippen molar-refractivity contribution in [3.63, 3.8) is 0 Å². The second-order valence-electron chi connectivity index (χ2n) is 5.78.